The van der Waals surface area contributed by atoms with E-state index in [1.807, 2.05) is 70.2 Å². The molecule has 4 rings (SSSR count). The summed E-state index contributed by atoms with van der Waals surface area (Å²) in [5.74, 6) is -0.102. The van der Waals surface area contributed by atoms with Gasteiger partial charge < -0.3 is 19.9 Å². The highest BCUT2D eigenvalue weighted by atomic mass is 16.6. The molecular weight excluding hydrogens is 426 g/mol. The molecule has 178 valence electrons. The van der Waals surface area contributed by atoms with Gasteiger partial charge in [0, 0.05) is 37.4 Å². The summed E-state index contributed by atoms with van der Waals surface area (Å²) in [5.41, 5.74) is 2.20. The lowest BCUT2D eigenvalue weighted by atomic mass is 9.99. The zero-order valence-electron chi connectivity index (χ0n) is 20.4. The van der Waals surface area contributed by atoms with Gasteiger partial charge in [0.05, 0.1) is 6.04 Å². The highest BCUT2D eigenvalue weighted by molar-refractivity contribution is 5.96. The lowest BCUT2D eigenvalue weighted by Gasteiger charge is -2.36. The molecule has 1 N–H and O–H groups in total. The number of ether oxygens (including phenoxy) is 1. The number of benzene rings is 3. The Labute approximate surface area is 201 Å². The zero-order chi connectivity index (χ0) is 24.3. The van der Waals surface area contributed by atoms with Gasteiger partial charge in [-0.2, -0.15) is 0 Å². The predicted molar refractivity (Wildman–Crippen MR) is 136 cm³/mol. The van der Waals surface area contributed by atoms with E-state index in [9.17, 15) is 9.59 Å². The Morgan fingerprint density at radius 3 is 2.32 bits per heavy atom. The second kappa shape index (κ2) is 9.75. The molecule has 0 spiro atoms. The van der Waals surface area contributed by atoms with Crippen molar-refractivity contribution in [2.75, 3.05) is 31.1 Å². The van der Waals surface area contributed by atoms with Crippen molar-refractivity contribution in [1.29, 1.82) is 0 Å². The normalized spacial score (nSPS) is 15.2. The summed E-state index contributed by atoms with van der Waals surface area (Å²) < 4.78 is 5.48. The van der Waals surface area contributed by atoms with Gasteiger partial charge in [-0.1, -0.05) is 48.5 Å². The summed E-state index contributed by atoms with van der Waals surface area (Å²) in [6.45, 7) is 10.2. The van der Waals surface area contributed by atoms with Crippen molar-refractivity contribution in [3.63, 3.8) is 0 Å². The first-order valence-electron chi connectivity index (χ1n) is 11.8. The van der Waals surface area contributed by atoms with Gasteiger partial charge >= 0.3 is 6.09 Å². The van der Waals surface area contributed by atoms with Crippen LogP contribution in [0.2, 0.25) is 0 Å². The minimum absolute atomic E-state index is 0.102. The Bertz CT molecular complexity index is 1170. The van der Waals surface area contributed by atoms with E-state index < -0.39 is 5.60 Å². The fourth-order valence-corrected chi connectivity index (χ4v) is 4.30. The highest BCUT2D eigenvalue weighted by Crippen LogP contribution is 2.25. The molecule has 1 atom stereocenters. The SMILES string of the molecule is C[C@@H](NC(=O)c1cccc(N2CCN(C(=O)OC(C)(C)C)CC2)c1)c1cccc2ccccc12. The average Bonchev–Trinajstić information content (AvgIpc) is 2.82. The Balaban J connectivity index is 1.40. The van der Waals surface area contributed by atoms with Crippen molar-refractivity contribution in [2.45, 2.75) is 39.3 Å². The molecule has 6 heteroatoms. The number of hydrogen-bond donors (Lipinski definition) is 1. The van der Waals surface area contributed by atoms with Crippen molar-refractivity contribution < 1.29 is 14.3 Å². The Morgan fingerprint density at radius 1 is 0.912 bits per heavy atom. The Kier molecular flexibility index (Phi) is 6.77. The molecule has 3 aromatic rings. The third kappa shape index (κ3) is 5.50. The predicted octanol–water partition coefficient (Wildman–Crippen LogP) is 5.39. The molecule has 0 aromatic heterocycles. The smallest absolute Gasteiger partial charge is 0.410 e. The van der Waals surface area contributed by atoms with Crippen molar-refractivity contribution in [3.8, 4) is 0 Å². The monoisotopic (exact) mass is 459 g/mol. The van der Waals surface area contributed by atoms with Crippen LogP contribution in [0.1, 0.15) is 49.7 Å². The molecular formula is C28H33N3O3. The van der Waals surface area contributed by atoms with Crippen LogP contribution in [0.25, 0.3) is 10.8 Å². The van der Waals surface area contributed by atoms with Crippen LogP contribution in [0.5, 0.6) is 0 Å². The van der Waals surface area contributed by atoms with Crippen LogP contribution in [0, 0.1) is 0 Å². The lowest BCUT2D eigenvalue weighted by Crippen LogP contribution is -2.50. The molecule has 3 aromatic carbocycles. The maximum atomic E-state index is 13.1. The average molecular weight is 460 g/mol. The summed E-state index contributed by atoms with van der Waals surface area (Å²) in [5, 5.41) is 5.46. The molecule has 1 heterocycles. The van der Waals surface area contributed by atoms with Crippen molar-refractivity contribution in [1.82, 2.24) is 10.2 Å². The number of hydrogen-bond acceptors (Lipinski definition) is 4. The molecule has 1 saturated heterocycles. The molecule has 1 aliphatic rings. The summed E-state index contributed by atoms with van der Waals surface area (Å²) in [6, 6.07) is 21.9. The lowest BCUT2D eigenvalue weighted by molar-refractivity contribution is 0.0240. The second-order valence-electron chi connectivity index (χ2n) is 9.77. The molecule has 0 saturated carbocycles. The van der Waals surface area contributed by atoms with Gasteiger partial charge in [0.2, 0.25) is 0 Å². The standard InChI is InChI=1S/C28H33N3O3/c1-20(24-14-8-10-21-9-5-6-13-25(21)24)29-26(32)22-11-7-12-23(19-22)30-15-17-31(18-16-30)27(33)34-28(2,3)4/h5-14,19-20H,15-18H2,1-4H3,(H,29,32)/t20-/m1/s1. The fraction of sp³-hybridized carbons (Fsp3) is 0.357. The minimum Gasteiger partial charge on any atom is -0.444 e. The number of amides is 2. The van der Waals surface area contributed by atoms with Crippen LogP contribution in [-0.2, 0) is 4.74 Å². The number of piperazine rings is 1. The van der Waals surface area contributed by atoms with Gasteiger partial charge in [-0.15, -0.1) is 0 Å². The summed E-state index contributed by atoms with van der Waals surface area (Å²) >= 11 is 0. The van der Waals surface area contributed by atoms with Crippen molar-refractivity contribution >= 4 is 28.5 Å². The molecule has 1 fully saturated rings. The van der Waals surface area contributed by atoms with E-state index in [0.717, 1.165) is 22.0 Å². The maximum Gasteiger partial charge on any atom is 0.410 e. The zero-order valence-corrected chi connectivity index (χ0v) is 20.4. The van der Waals surface area contributed by atoms with Crippen molar-refractivity contribution in [2.24, 2.45) is 0 Å². The Hall–Kier alpha value is -3.54. The summed E-state index contributed by atoms with van der Waals surface area (Å²) in [7, 11) is 0. The van der Waals surface area contributed by atoms with E-state index in [2.05, 4.69) is 34.5 Å². The van der Waals surface area contributed by atoms with E-state index in [0.29, 0.717) is 31.7 Å². The van der Waals surface area contributed by atoms with Gasteiger partial charge in [0.15, 0.2) is 0 Å². The van der Waals surface area contributed by atoms with Crippen molar-refractivity contribution in [3.05, 3.63) is 77.9 Å². The largest absolute Gasteiger partial charge is 0.444 e. The molecule has 1 aliphatic heterocycles. The number of nitrogens with zero attached hydrogens (tertiary/aromatic N) is 2. The van der Waals surface area contributed by atoms with Crippen LogP contribution in [0.4, 0.5) is 10.5 Å². The number of fused-ring (bicyclic) bond motifs is 1. The van der Waals surface area contributed by atoms with Gasteiger partial charge in [0.1, 0.15) is 5.60 Å². The maximum absolute atomic E-state index is 13.1. The van der Waals surface area contributed by atoms with Crippen LogP contribution >= 0.6 is 0 Å². The van der Waals surface area contributed by atoms with E-state index >= 15 is 0 Å². The molecule has 0 unspecified atom stereocenters. The number of carbonyl (C=O) groups is 2. The molecule has 0 bridgehead atoms. The Morgan fingerprint density at radius 2 is 1.59 bits per heavy atom. The topological polar surface area (TPSA) is 61.9 Å². The van der Waals surface area contributed by atoms with Gasteiger partial charge in [-0.25, -0.2) is 4.79 Å². The molecule has 2 amide bonds. The van der Waals surface area contributed by atoms with E-state index in [4.69, 9.17) is 4.74 Å². The first-order chi connectivity index (χ1) is 16.2. The van der Waals surface area contributed by atoms with Crippen LogP contribution in [0.3, 0.4) is 0 Å². The fourth-order valence-electron chi connectivity index (χ4n) is 4.30. The first kappa shape index (κ1) is 23.6. The number of anilines is 1. The highest BCUT2D eigenvalue weighted by Gasteiger charge is 2.26. The van der Waals surface area contributed by atoms with E-state index in [1.54, 1.807) is 4.90 Å². The number of nitrogens with one attached hydrogen (secondary N) is 1. The van der Waals surface area contributed by atoms with Gasteiger partial charge in [0.25, 0.3) is 5.91 Å². The first-order valence-corrected chi connectivity index (χ1v) is 11.8. The number of rotatable bonds is 4. The summed E-state index contributed by atoms with van der Waals surface area (Å²) in [6.07, 6.45) is -0.275. The third-order valence-corrected chi connectivity index (χ3v) is 6.04. The third-order valence-electron chi connectivity index (χ3n) is 6.04. The van der Waals surface area contributed by atoms with Crippen LogP contribution in [-0.4, -0.2) is 48.7 Å². The summed E-state index contributed by atoms with van der Waals surface area (Å²) in [4.78, 5) is 29.3. The van der Waals surface area contributed by atoms with Crippen LogP contribution < -0.4 is 10.2 Å². The minimum atomic E-state index is -0.501. The molecule has 0 radical (unpaired) electrons. The quantitative estimate of drug-likeness (QED) is 0.568. The van der Waals surface area contributed by atoms with E-state index in [-0.39, 0.29) is 18.0 Å². The van der Waals surface area contributed by atoms with E-state index in [1.165, 1.54) is 0 Å². The molecule has 6 nitrogen and oxygen atoms in total. The van der Waals surface area contributed by atoms with Gasteiger partial charge in [-0.05, 0) is 62.2 Å². The molecule has 34 heavy (non-hydrogen) atoms. The van der Waals surface area contributed by atoms with Gasteiger partial charge in [-0.3, -0.25) is 4.79 Å². The number of carbonyl (C=O) groups excluding carboxylic acids is 2. The molecule has 0 aliphatic carbocycles. The second-order valence-corrected chi connectivity index (χ2v) is 9.77. The van der Waals surface area contributed by atoms with Crippen LogP contribution in [0.15, 0.2) is 66.7 Å².